The van der Waals surface area contributed by atoms with Gasteiger partial charge in [-0.15, -0.1) is 13.2 Å². The second-order valence-electron chi connectivity index (χ2n) is 3.09. The van der Waals surface area contributed by atoms with Crippen molar-refractivity contribution in [3.63, 3.8) is 0 Å². The number of hydrogen-bond donors (Lipinski definition) is 1. The molecule has 0 radical (unpaired) electrons. The van der Waals surface area contributed by atoms with Gasteiger partial charge in [0, 0.05) is 5.56 Å². The molecule has 0 amide bonds. The van der Waals surface area contributed by atoms with Gasteiger partial charge < -0.3 is 10.5 Å². The van der Waals surface area contributed by atoms with Crippen molar-refractivity contribution in [1.82, 2.24) is 0 Å². The van der Waals surface area contributed by atoms with E-state index < -0.39 is 36.0 Å². The van der Waals surface area contributed by atoms with Crippen molar-refractivity contribution in [2.75, 3.05) is 0 Å². The summed E-state index contributed by atoms with van der Waals surface area (Å²) in [4.78, 5) is 0. The van der Waals surface area contributed by atoms with Gasteiger partial charge in [-0.1, -0.05) is 0 Å². The zero-order valence-electron chi connectivity index (χ0n) is 8.14. The maximum Gasteiger partial charge on any atom is 0.573 e. The molecule has 0 fully saturated rings. The van der Waals surface area contributed by atoms with E-state index in [1.165, 1.54) is 0 Å². The van der Waals surface area contributed by atoms with Crippen molar-refractivity contribution in [1.29, 1.82) is 0 Å². The van der Waals surface area contributed by atoms with Crippen molar-refractivity contribution in [3.05, 3.63) is 29.6 Å². The lowest BCUT2D eigenvalue weighted by molar-refractivity contribution is -0.274. The molecule has 2 N–H and O–H groups in total. The van der Waals surface area contributed by atoms with Crippen LogP contribution in [0, 0.1) is 5.82 Å². The molecule has 1 aromatic carbocycles. The first-order valence-electron chi connectivity index (χ1n) is 4.29. The van der Waals surface area contributed by atoms with Crippen LogP contribution in [0.5, 0.6) is 5.75 Å². The maximum atomic E-state index is 13.1. The number of nitrogens with two attached hydrogens (primary N) is 1. The van der Waals surface area contributed by atoms with E-state index in [0.717, 1.165) is 0 Å². The molecule has 0 unspecified atom stereocenters. The van der Waals surface area contributed by atoms with Crippen LogP contribution in [-0.2, 0) is 0 Å². The van der Waals surface area contributed by atoms with Gasteiger partial charge in [0.15, 0.2) is 0 Å². The quantitative estimate of drug-likeness (QED) is 0.847. The van der Waals surface area contributed by atoms with E-state index in [1.807, 2.05) is 0 Å². The van der Waals surface area contributed by atoms with Crippen LogP contribution in [0.3, 0.4) is 0 Å². The second-order valence-corrected chi connectivity index (χ2v) is 3.09. The molecule has 0 saturated heterocycles. The third kappa shape index (κ3) is 3.81. The van der Waals surface area contributed by atoms with E-state index in [-0.39, 0.29) is 0 Å². The molecular weight excluding hydrogens is 252 g/mol. The molecule has 1 rings (SSSR count). The smallest absolute Gasteiger partial charge is 0.406 e. The zero-order chi connectivity index (χ0) is 13.2. The average Bonchev–Trinajstić information content (AvgIpc) is 2.17. The predicted octanol–water partition coefficient (Wildman–Crippen LogP) is 2.99. The van der Waals surface area contributed by atoms with Crippen LogP contribution in [0.1, 0.15) is 11.6 Å². The highest BCUT2D eigenvalue weighted by atomic mass is 19.4. The Morgan fingerprint density at radius 2 is 1.76 bits per heavy atom. The van der Waals surface area contributed by atoms with E-state index in [0.29, 0.717) is 18.2 Å². The molecule has 0 aliphatic heterocycles. The number of ether oxygens (including phenoxy) is 1. The fraction of sp³-hybridized carbons (Fsp3) is 0.333. The van der Waals surface area contributed by atoms with E-state index in [9.17, 15) is 26.3 Å². The van der Waals surface area contributed by atoms with Crippen LogP contribution in [0.4, 0.5) is 26.3 Å². The van der Waals surface area contributed by atoms with Crippen LogP contribution in [0.15, 0.2) is 18.2 Å². The van der Waals surface area contributed by atoms with Crippen molar-refractivity contribution < 1.29 is 31.1 Å². The molecule has 0 spiro atoms. The van der Waals surface area contributed by atoms with Crippen LogP contribution >= 0.6 is 0 Å². The minimum atomic E-state index is -4.98. The Kier molecular flexibility index (Phi) is 3.87. The number of benzene rings is 1. The normalized spacial score (nSPS) is 13.9. The first-order valence-corrected chi connectivity index (χ1v) is 4.29. The molecule has 0 aliphatic carbocycles. The van der Waals surface area contributed by atoms with Gasteiger partial charge in [-0.25, -0.2) is 13.2 Å². The lowest BCUT2D eigenvalue weighted by Crippen LogP contribution is -2.21. The monoisotopic (exact) mass is 259 g/mol. The summed E-state index contributed by atoms with van der Waals surface area (Å²) in [5.41, 5.74) is 4.21. The summed E-state index contributed by atoms with van der Waals surface area (Å²) in [7, 11) is 0. The maximum absolute atomic E-state index is 13.1. The van der Waals surface area contributed by atoms with Crippen LogP contribution in [0.25, 0.3) is 0 Å². The third-order valence-electron chi connectivity index (χ3n) is 1.83. The summed E-state index contributed by atoms with van der Waals surface area (Å²) in [5, 5.41) is 0. The van der Waals surface area contributed by atoms with Crippen molar-refractivity contribution in [3.8, 4) is 5.75 Å². The van der Waals surface area contributed by atoms with E-state index in [2.05, 4.69) is 4.74 Å². The minimum Gasteiger partial charge on any atom is -0.406 e. The summed E-state index contributed by atoms with van der Waals surface area (Å²) in [6.45, 7) is 0. The Labute approximate surface area is 92.0 Å². The zero-order valence-corrected chi connectivity index (χ0v) is 8.14. The lowest BCUT2D eigenvalue weighted by Gasteiger charge is -2.14. The van der Waals surface area contributed by atoms with Gasteiger partial charge in [-0.05, 0) is 18.2 Å². The highest BCUT2D eigenvalue weighted by Gasteiger charge is 2.32. The standard InChI is InChI=1S/C9H7F6NO/c10-6-2-1-4(17-9(13,14)15)3-5(6)7(16)8(11)12/h1-3,7-8H,16H2/t7-/m1/s1. The Bertz CT molecular complexity index is 392. The van der Waals surface area contributed by atoms with E-state index >= 15 is 0 Å². The van der Waals surface area contributed by atoms with Gasteiger partial charge in [0.1, 0.15) is 11.6 Å². The molecule has 17 heavy (non-hydrogen) atoms. The van der Waals surface area contributed by atoms with E-state index in [1.54, 1.807) is 0 Å². The highest BCUT2D eigenvalue weighted by molar-refractivity contribution is 5.32. The molecule has 0 saturated carbocycles. The Morgan fingerprint density at radius 1 is 1.18 bits per heavy atom. The van der Waals surface area contributed by atoms with Gasteiger partial charge >= 0.3 is 6.36 Å². The summed E-state index contributed by atoms with van der Waals surface area (Å²) < 4.78 is 76.5. The van der Waals surface area contributed by atoms with Crippen molar-refractivity contribution in [2.24, 2.45) is 5.73 Å². The van der Waals surface area contributed by atoms with Gasteiger partial charge in [-0.3, -0.25) is 0 Å². The molecule has 0 bridgehead atoms. The molecule has 0 aliphatic rings. The van der Waals surface area contributed by atoms with Gasteiger partial charge in [0.2, 0.25) is 0 Å². The molecule has 0 heterocycles. The van der Waals surface area contributed by atoms with Crippen LogP contribution in [0.2, 0.25) is 0 Å². The number of hydrogen-bond acceptors (Lipinski definition) is 2. The number of alkyl halides is 5. The second kappa shape index (κ2) is 4.82. The predicted molar refractivity (Wildman–Crippen MR) is 46.0 cm³/mol. The van der Waals surface area contributed by atoms with Gasteiger partial charge in [0.25, 0.3) is 6.43 Å². The first kappa shape index (κ1) is 13.6. The average molecular weight is 259 g/mol. The van der Waals surface area contributed by atoms with E-state index in [4.69, 9.17) is 5.73 Å². The molecule has 8 heteroatoms. The summed E-state index contributed by atoms with van der Waals surface area (Å²) in [5.74, 6) is -1.92. The molecule has 0 aromatic heterocycles. The molecule has 1 atom stereocenters. The SMILES string of the molecule is N[C@H](c1cc(OC(F)(F)F)ccc1F)C(F)F. The molecule has 96 valence electrons. The van der Waals surface area contributed by atoms with Crippen molar-refractivity contribution >= 4 is 0 Å². The largest absolute Gasteiger partial charge is 0.573 e. The first-order chi connectivity index (χ1) is 7.70. The van der Waals surface area contributed by atoms with Crippen LogP contribution in [-0.4, -0.2) is 12.8 Å². The topological polar surface area (TPSA) is 35.2 Å². The van der Waals surface area contributed by atoms with Crippen LogP contribution < -0.4 is 10.5 Å². The Hall–Kier alpha value is -1.44. The van der Waals surface area contributed by atoms with Crippen molar-refractivity contribution in [2.45, 2.75) is 18.8 Å². The summed E-state index contributed by atoms with van der Waals surface area (Å²) >= 11 is 0. The fourth-order valence-electron chi connectivity index (χ4n) is 1.11. The highest BCUT2D eigenvalue weighted by Crippen LogP contribution is 2.28. The van der Waals surface area contributed by atoms with Gasteiger partial charge in [0.05, 0.1) is 6.04 Å². The Morgan fingerprint density at radius 3 is 2.24 bits per heavy atom. The Balaban J connectivity index is 3.02. The summed E-state index contributed by atoms with van der Waals surface area (Å²) in [6.07, 6.45) is -8.07. The third-order valence-corrected chi connectivity index (χ3v) is 1.83. The fourth-order valence-corrected chi connectivity index (χ4v) is 1.11. The molecular formula is C9H7F6NO. The molecule has 1 aromatic rings. The summed E-state index contributed by atoms with van der Waals surface area (Å²) in [6, 6.07) is -0.255. The lowest BCUT2D eigenvalue weighted by atomic mass is 10.1. The number of halogens is 6. The van der Waals surface area contributed by atoms with Gasteiger partial charge in [-0.2, -0.15) is 0 Å². The molecule has 2 nitrogen and oxygen atoms in total. The minimum absolute atomic E-state index is 0.500. The number of rotatable bonds is 3.